The summed E-state index contributed by atoms with van der Waals surface area (Å²) in [7, 11) is 0. The number of aryl methyl sites for hydroxylation is 1. The second kappa shape index (κ2) is 8.47. The Labute approximate surface area is 207 Å². The molecule has 1 heterocycles. The van der Waals surface area contributed by atoms with Crippen molar-refractivity contribution in [3.63, 3.8) is 0 Å². The lowest BCUT2D eigenvalue weighted by atomic mass is 9.81. The summed E-state index contributed by atoms with van der Waals surface area (Å²) in [5.41, 5.74) is 2.21. The van der Waals surface area contributed by atoms with Crippen molar-refractivity contribution in [1.29, 1.82) is 0 Å². The molecule has 2 amide bonds. The number of fused-ring (bicyclic) bond motifs is 5. The lowest BCUT2D eigenvalue weighted by Crippen LogP contribution is -2.37. The molecule has 2 aromatic rings. The van der Waals surface area contributed by atoms with Gasteiger partial charge in [-0.25, -0.2) is 4.79 Å². The number of hydrogen-bond donors (Lipinski definition) is 0. The third kappa shape index (κ3) is 3.67. The average Bonchev–Trinajstić information content (AvgIpc) is 3.42. The zero-order valence-corrected chi connectivity index (χ0v) is 20.9. The smallest absolute Gasteiger partial charge is 0.338 e. The van der Waals surface area contributed by atoms with Crippen LogP contribution < -0.4 is 4.90 Å². The van der Waals surface area contributed by atoms with E-state index in [-0.39, 0.29) is 63.1 Å². The standard InChI is InChI=1S/C25H21Br2NO5/c1-12-2-4-13(5-3-12)18(29)11-33-25(32)14-6-8-15(9-7-14)28-23(30)19-16-10-17(20(19)24(28)31)22(27)21(16)26/h2-9,16-17,19-22H,10-11H2,1H3/t16-,17+,19-,20-,21-,22+/m0/s1. The zero-order valence-electron chi connectivity index (χ0n) is 17.7. The number of rotatable bonds is 5. The molecule has 170 valence electrons. The minimum absolute atomic E-state index is 0.145. The molecule has 2 saturated carbocycles. The van der Waals surface area contributed by atoms with Gasteiger partial charge in [-0.15, -0.1) is 0 Å². The first-order valence-corrected chi connectivity index (χ1v) is 12.6. The Kier molecular flexibility index (Phi) is 5.77. The Bertz CT molecular complexity index is 1110. The Morgan fingerprint density at radius 3 is 1.94 bits per heavy atom. The molecule has 0 unspecified atom stereocenters. The average molecular weight is 575 g/mol. The van der Waals surface area contributed by atoms with Gasteiger partial charge in [0.15, 0.2) is 12.4 Å². The predicted molar refractivity (Wildman–Crippen MR) is 129 cm³/mol. The molecule has 1 aliphatic heterocycles. The molecule has 1 saturated heterocycles. The van der Waals surface area contributed by atoms with Gasteiger partial charge in [0.2, 0.25) is 11.8 Å². The maximum absolute atomic E-state index is 13.1. The molecule has 2 aromatic carbocycles. The van der Waals surface area contributed by atoms with Crippen LogP contribution in [0.4, 0.5) is 5.69 Å². The number of imide groups is 1. The largest absolute Gasteiger partial charge is 0.454 e. The molecular weight excluding hydrogens is 554 g/mol. The number of amides is 2. The van der Waals surface area contributed by atoms with Gasteiger partial charge in [-0.1, -0.05) is 61.7 Å². The van der Waals surface area contributed by atoms with E-state index >= 15 is 0 Å². The van der Waals surface area contributed by atoms with E-state index in [1.807, 2.05) is 19.1 Å². The normalized spacial score (nSPS) is 30.0. The number of carbonyl (C=O) groups excluding carboxylic acids is 4. The Hall–Kier alpha value is -2.32. The highest BCUT2D eigenvalue weighted by atomic mass is 79.9. The number of ketones is 1. The molecule has 3 aliphatic rings. The van der Waals surface area contributed by atoms with Gasteiger partial charge < -0.3 is 4.74 Å². The quantitative estimate of drug-likeness (QED) is 0.230. The van der Waals surface area contributed by atoms with Gasteiger partial charge in [-0.3, -0.25) is 19.3 Å². The van der Waals surface area contributed by atoms with E-state index in [1.54, 1.807) is 24.3 Å². The highest BCUT2D eigenvalue weighted by Crippen LogP contribution is 2.60. The number of esters is 1. The highest BCUT2D eigenvalue weighted by Gasteiger charge is 2.66. The number of Topliss-reactive ketones (excluding diaryl/α,β-unsaturated/α-hetero) is 1. The summed E-state index contributed by atoms with van der Waals surface area (Å²) in [5.74, 6) is -1.56. The van der Waals surface area contributed by atoms with Gasteiger partial charge in [0.1, 0.15) is 0 Å². The van der Waals surface area contributed by atoms with Crippen molar-refractivity contribution in [1.82, 2.24) is 0 Å². The summed E-state index contributed by atoms with van der Waals surface area (Å²) < 4.78 is 5.16. The van der Waals surface area contributed by atoms with Crippen LogP contribution in [0.15, 0.2) is 48.5 Å². The number of benzene rings is 2. The number of hydrogen-bond acceptors (Lipinski definition) is 5. The topological polar surface area (TPSA) is 80.8 Å². The number of carbonyl (C=O) groups is 4. The third-order valence-electron chi connectivity index (χ3n) is 7.06. The SMILES string of the molecule is Cc1ccc(C(=O)COC(=O)c2ccc(N3C(=O)[C@H]4[C@@H]5C[C@@H]([C@@H](Br)[C@H]5Br)[C@@H]4C3=O)cc2)cc1. The monoisotopic (exact) mass is 573 g/mol. The Morgan fingerprint density at radius 1 is 0.879 bits per heavy atom. The van der Waals surface area contributed by atoms with Crippen LogP contribution in [0.3, 0.4) is 0 Å². The van der Waals surface area contributed by atoms with Crippen LogP contribution in [0.2, 0.25) is 0 Å². The highest BCUT2D eigenvalue weighted by molar-refractivity contribution is 9.12. The first kappa shape index (κ1) is 22.5. The minimum Gasteiger partial charge on any atom is -0.454 e. The van der Waals surface area contributed by atoms with Crippen LogP contribution in [-0.4, -0.2) is 39.8 Å². The number of alkyl halides is 2. The van der Waals surface area contributed by atoms with Crippen LogP contribution in [0, 0.1) is 30.6 Å². The molecule has 6 atom stereocenters. The molecule has 0 aromatic heterocycles. The summed E-state index contributed by atoms with van der Waals surface area (Å²) in [6.45, 7) is 1.56. The number of anilines is 1. The fourth-order valence-electron chi connectivity index (χ4n) is 5.39. The zero-order chi connectivity index (χ0) is 23.4. The van der Waals surface area contributed by atoms with E-state index in [9.17, 15) is 19.2 Å². The summed E-state index contributed by atoms with van der Waals surface area (Å²) in [6.07, 6.45) is 0.874. The molecular formula is C25H21Br2NO5. The van der Waals surface area contributed by atoms with Gasteiger partial charge in [0.05, 0.1) is 23.1 Å². The van der Waals surface area contributed by atoms with E-state index in [1.165, 1.54) is 17.0 Å². The van der Waals surface area contributed by atoms with Gasteiger partial charge >= 0.3 is 5.97 Å². The maximum atomic E-state index is 13.1. The summed E-state index contributed by atoms with van der Waals surface area (Å²) in [6, 6.07) is 13.2. The molecule has 33 heavy (non-hydrogen) atoms. The van der Waals surface area contributed by atoms with Gasteiger partial charge in [-0.2, -0.15) is 0 Å². The van der Waals surface area contributed by atoms with E-state index in [0.717, 1.165) is 12.0 Å². The second-order valence-corrected chi connectivity index (χ2v) is 11.0. The maximum Gasteiger partial charge on any atom is 0.338 e. The van der Waals surface area contributed by atoms with Crippen molar-refractivity contribution in [3.8, 4) is 0 Å². The molecule has 2 bridgehead atoms. The number of halogens is 2. The van der Waals surface area contributed by atoms with Crippen LogP contribution in [0.5, 0.6) is 0 Å². The van der Waals surface area contributed by atoms with Crippen molar-refractivity contribution in [2.24, 2.45) is 23.7 Å². The number of ether oxygens (including phenoxy) is 1. The molecule has 2 aliphatic carbocycles. The van der Waals surface area contributed by atoms with E-state index in [4.69, 9.17) is 4.74 Å². The van der Waals surface area contributed by atoms with Gasteiger partial charge in [0.25, 0.3) is 0 Å². The summed E-state index contributed by atoms with van der Waals surface area (Å²) in [5, 5.41) is 0. The summed E-state index contributed by atoms with van der Waals surface area (Å²) >= 11 is 7.37. The second-order valence-electron chi connectivity index (χ2n) is 8.93. The molecule has 5 rings (SSSR count). The fraction of sp³-hybridized carbons (Fsp3) is 0.360. The van der Waals surface area contributed by atoms with E-state index in [0.29, 0.717) is 11.3 Å². The van der Waals surface area contributed by atoms with Gasteiger partial charge in [0, 0.05) is 15.2 Å². The fourth-order valence-corrected chi connectivity index (χ4v) is 7.26. The lowest BCUT2D eigenvalue weighted by molar-refractivity contribution is -0.123. The molecule has 0 spiro atoms. The van der Waals surface area contributed by atoms with Gasteiger partial charge in [-0.05, 0) is 49.4 Å². The van der Waals surface area contributed by atoms with Crippen molar-refractivity contribution in [2.45, 2.75) is 23.0 Å². The third-order valence-corrected chi connectivity index (χ3v) is 10.3. The predicted octanol–water partition coefficient (Wildman–Crippen LogP) is 4.32. The van der Waals surface area contributed by atoms with Crippen molar-refractivity contribution in [2.75, 3.05) is 11.5 Å². The van der Waals surface area contributed by atoms with E-state index < -0.39 is 5.97 Å². The molecule has 3 fully saturated rings. The van der Waals surface area contributed by atoms with Crippen LogP contribution >= 0.6 is 31.9 Å². The van der Waals surface area contributed by atoms with Crippen LogP contribution in [0.25, 0.3) is 0 Å². The molecule has 6 nitrogen and oxygen atoms in total. The van der Waals surface area contributed by atoms with Crippen molar-refractivity contribution in [3.05, 3.63) is 65.2 Å². The number of nitrogens with zero attached hydrogens (tertiary/aromatic N) is 1. The summed E-state index contributed by atoms with van der Waals surface area (Å²) in [4.78, 5) is 52.5. The first-order valence-electron chi connectivity index (χ1n) is 10.8. The van der Waals surface area contributed by atoms with Crippen LogP contribution in [-0.2, 0) is 14.3 Å². The van der Waals surface area contributed by atoms with Crippen molar-refractivity contribution >= 4 is 61.1 Å². The minimum atomic E-state index is -0.639. The first-order chi connectivity index (χ1) is 15.8. The Morgan fingerprint density at radius 2 is 1.39 bits per heavy atom. The van der Waals surface area contributed by atoms with Crippen molar-refractivity contribution < 1.29 is 23.9 Å². The van der Waals surface area contributed by atoms with Crippen LogP contribution in [0.1, 0.15) is 32.7 Å². The lowest BCUT2D eigenvalue weighted by Gasteiger charge is -2.28. The Balaban J connectivity index is 1.26. The molecule has 0 N–H and O–H groups in total. The molecule has 0 radical (unpaired) electrons. The molecule has 8 heteroatoms. The van der Waals surface area contributed by atoms with E-state index in [2.05, 4.69) is 31.9 Å².